The van der Waals surface area contributed by atoms with E-state index in [1.165, 1.54) is 13.8 Å². The van der Waals surface area contributed by atoms with Crippen molar-refractivity contribution >= 4 is 29.7 Å². The number of nitrogens with one attached hydrogen (secondary N) is 1. The van der Waals surface area contributed by atoms with Crippen LogP contribution in [0.4, 0.5) is 17.8 Å². The van der Waals surface area contributed by atoms with Crippen molar-refractivity contribution in [2.45, 2.75) is 154 Å². The highest BCUT2D eigenvalue weighted by atomic mass is 16.2. The molecular weight excluding hydrogens is 488 g/mol. The van der Waals surface area contributed by atoms with Crippen LogP contribution in [0.15, 0.2) is 0 Å². The molecule has 39 heavy (non-hydrogen) atoms. The first kappa shape index (κ1) is 34.8. The maximum atomic E-state index is 13.2. The molecule has 0 atom stereocenters. The molecule has 1 N–H and O–H groups in total. The van der Waals surface area contributed by atoms with Crippen molar-refractivity contribution < 1.29 is 9.59 Å². The first-order valence-corrected chi connectivity index (χ1v) is 14.2. The molecule has 0 bridgehead atoms. The first-order chi connectivity index (χ1) is 17.1. The van der Waals surface area contributed by atoms with Gasteiger partial charge in [-0.2, -0.15) is 15.0 Å². The molecule has 1 aromatic heterocycles. The fourth-order valence-corrected chi connectivity index (χ4v) is 6.71. The summed E-state index contributed by atoms with van der Waals surface area (Å²) in [6.07, 6.45) is 2.31. The van der Waals surface area contributed by atoms with Crippen LogP contribution in [0, 0.1) is 16.2 Å². The van der Waals surface area contributed by atoms with Crippen LogP contribution in [-0.4, -0.2) is 43.4 Å². The van der Waals surface area contributed by atoms with Gasteiger partial charge in [-0.15, -0.1) is 0 Å². The van der Waals surface area contributed by atoms with E-state index in [1.807, 2.05) is 27.7 Å². The van der Waals surface area contributed by atoms with E-state index in [0.29, 0.717) is 5.95 Å². The van der Waals surface area contributed by atoms with Crippen molar-refractivity contribution in [1.82, 2.24) is 15.0 Å². The van der Waals surface area contributed by atoms with Gasteiger partial charge in [0.25, 0.3) is 0 Å². The van der Waals surface area contributed by atoms with Crippen LogP contribution < -0.4 is 15.1 Å². The van der Waals surface area contributed by atoms with E-state index in [1.54, 1.807) is 9.80 Å². The average molecular weight is 547 g/mol. The number of anilines is 3. The van der Waals surface area contributed by atoms with Gasteiger partial charge in [0.1, 0.15) is 0 Å². The van der Waals surface area contributed by atoms with Gasteiger partial charge in [-0.25, -0.2) is 0 Å². The quantitative estimate of drug-likeness (QED) is 0.342. The Kier molecular flexibility index (Phi) is 10.1. The molecule has 0 unspecified atom stereocenters. The molecule has 2 amide bonds. The minimum Gasteiger partial charge on any atom is -0.349 e. The number of carbonyl (C=O) groups excluding carboxylic acids is 2. The second-order valence-electron chi connectivity index (χ2n) is 16.8. The Hall–Kier alpha value is -2.25. The Morgan fingerprint density at radius 3 is 1.13 bits per heavy atom. The van der Waals surface area contributed by atoms with Crippen molar-refractivity contribution in [1.29, 1.82) is 0 Å². The molecule has 1 rings (SSSR count). The van der Waals surface area contributed by atoms with E-state index in [-0.39, 0.29) is 45.5 Å². The minimum atomic E-state index is -0.580. The number of hydrogen-bond donors (Lipinski definition) is 1. The minimum absolute atomic E-state index is 0.0387. The van der Waals surface area contributed by atoms with Gasteiger partial charge < -0.3 is 5.32 Å². The zero-order valence-electron chi connectivity index (χ0n) is 28.2. The van der Waals surface area contributed by atoms with Gasteiger partial charge in [0.15, 0.2) is 0 Å². The molecule has 224 valence electrons. The Balaban J connectivity index is 3.94. The van der Waals surface area contributed by atoms with Gasteiger partial charge >= 0.3 is 0 Å². The summed E-state index contributed by atoms with van der Waals surface area (Å²) in [6, 6.07) is 0. The Bertz CT molecular complexity index is 959. The lowest BCUT2D eigenvalue weighted by molar-refractivity contribution is -0.118. The maximum absolute atomic E-state index is 13.2. The second kappa shape index (κ2) is 11.3. The number of nitrogens with zero attached hydrogens (tertiary/aromatic N) is 5. The smallest absolute Gasteiger partial charge is 0.239 e. The number of amides is 2. The Labute approximate surface area is 239 Å². The van der Waals surface area contributed by atoms with Gasteiger partial charge in [-0.05, 0) is 77.0 Å². The Morgan fingerprint density at radius 1 is 0.564 bits per heavy atom. The van der Waals surface area contributed by atoms with Gasteiger partial charge in [0.2, 0.25) is 29.7 Å². The van der Waals surface area contributed by atoms with Gasteiger partial charge in [0.05, 0.1) is 0 Å². The number of rotatable bonds is 9. The van der Waals surface area contributed by atoms with Crippen LogP contribution in [0.2, 0.25) is 0 Å². The lowest BCUT2D eigenvalue weighted by atomic mass is 9.81. The zero-order valence-corrected chi connectivity index (χ0v) is 28.2. The van der Waals surface area contributed by atoms with Crippen molar-refractivity contribution in [3.63, 3.8) is 0 Å². The largest absolute Gasteiger partial charge is 0.349 e. The predicted octanol–water partition coefficient (Wildman–Crippen LogP) is 7.63. The van der Waals surface area contributed by atoms with E-state index < -0.39 is 11.1 Å². The summed E-state index contributed by atoms with van der Waals surface area (Å²) in [4.78, 5) is 44.1. The SMILES string of the molecule is CC(=O)N(c1nc(NC(C)(C)CC(C)(C)C)nc(N(C(C)=O)C(C)(C)CC(C)(C)C)n1)C(C)(C)CC(C)(C)C. The zero-order chi connectivity index (χ0) is 31.0. The highest BCUT2D eigenvalue weighted by Crippen LogP contribution is 2.37. The molecule has 0 saturated carbocycles. The van der Waals surface area contributed by atoms with Gasteiger partial charge in [-0.3, -0.25) is 19.4 Å². The number of carbonyl (C=O) groups is 2. The summed E-state index contributed by atoms with van der Waals surface area (Å²) in [5.41, 5.74) is -1.52. The highest BCUT2D eigenvalue weighted by Gasteiger charge is 2.40. The molecule has 0 radical (unpaired) electrons. The van der Waals surface area contributed by atoms with Crippen molar-refractivity contribution in [3.05, 3.63) is 0 Å². The second-order valence-corrected chi connectivity index (χ2v) is 16.8. The van der Waals surface area contributed by atoms with Crippen LogP contribution in [0.5, 0.6) is 0 Å². The van der Waals surface area contributed by atoms with Crippen molar-refractivity contribution in [2.24, 2.45) is 16.2 Å². The molecule has 0 spiro atoms. The average Bonchev–Trinajstić information content (AvgIpc) is 2.52. The summed E-state index contributed by atoms with van der Waals surface area (Å²) in [5.74, 6) is 0.511. The topological polar surface area (TPSA) is 91.3 Å². The summed E-state index contributed by atoms with van der Waals surface area (Å²) < 4.78 is 0. The normalized spacial score (nSPS) is 13.8. The lowest BCUT2D eigenvalue weighted by Crippen LogP contribution is -2.52. The van der Waals surface area contributed by atoms with Crippen LogP contribution in [-0.2, 0) is 9.59 Å². The van der Waals surface area contributed by atoms with E-state index in [4.69, 9.17) is 15.0 Å². The first-order valence-electron chi connectivity index (χ1n) is 14.2. The Morgan fingerprint density at radius 2 is 0.872 bits per heavy atom. The van der Waals surface area contributed by atoms with Gasteiger partial charge in [-0.1, -0.05) is 62.3 Å². The molecular formula is C31H58N6O2. The molecule has 0 saturated heterocycles. The van der Waals surface area contributed by atoms with E-state index >= 15 is 0 Å². The summed E-state index contributed by atoms with van der Waals surface area (Å²) in [5, 5.41) is 3.50. The van der Waals surface area contributed by atoms with Crippen LogP contribution in [0.1, 0.15) is 137 Å². The third-order valence-corrected chi connectivity index (χ3v) is 6.20. The summed E-state index contributed by atoms with van der Waals surface area (Å²) in [7, 11) is 0. The molecule has 0 aliphatic rings. The van der Waals surface area contributed by atoms with E-state index in [2.05, 4.69) is 81.5 Å². The number of hydrogen-bond acceptors (Lipinski definition) is 6. The van der Waals surface area contributed by atoms with Crippen LogP contribution in [0.3, 0.4) is 0 Å². The third-order valence-electron chi connectivity index (χ3n) is 6.20. The lowest BCUT2D eigenvalue weighted by Gasteiger charge is -2.42. The van der Waals surface area contributed by atoms with E-state index in [9.17, 15) is 9.59 Å². The molecule has 1 heterocycles. The standard InChI is InChI=1S/C31H58N6O2/c1-21(38)36(30(14,15)19-27(6,7)8)24-32-23(35-29(12,13)18-26(3,4)5)33-25(34-24)37(22(2)39)31(16,17)20-28(9,10)11/h18-20H2,1-17H3,(H,32,33,34,35). The van der Waals surface area contributed by atoms with Gasteiger partial charge in [0, 0.05) is 30.5 Å². The monoisotopic (exact) mass is 546 g/mol. The molecule has 0 aliphatic heterocycles. The molecule has 0 fully saturated rings. The predicted molar refractivity (Wildman–Crippen MR) is 164 cm³/mol. The molecule has 0 aromatic carbocycles. The fraction of sp³-hybridized carbons (Fsp3) is 0.839. The molecule has 1 aromatic rings. The van der Waals surface area contributed by atoms with Crippen molar-refractivity contribution in [3.8, 4) is 0 Å². The van der Waals surface area contributed by atoms with Crippen LogP contribution >= 0.6 is 0 Å². The van der Waals surface area contributed by atoms with E-state index in [0.717, 1.165) is 19.3 Å². The summed E-state index contributed by atoms with van der Waals surface area (Å²) >= 11 is 0. The fourth-order valence-electron chi connectivity index (χ4n) is 6.71. The van der Waals surface area contributed by atoms with Crippen molar-refractivity contribution in [2.75, 3.05) is 15.1 Å². The number of aromatic nitrogens is 3. The third kappa shape index (κ3) is 11.0. The summed E-state index contributed by atoms with van der Waals surface area (Å²) in [6.45, 7) is 34.9. The highest BCUT2D eigenvalue weighted by molar-refractivity contribution is 5.93. The molecule has 8 heteroatoms. The maximum Gasteiger partial charge on any atom is 0.239 e. The van der Waals surface area contributed by atoms with Crippen LogP contribution in [0.25, 0.3) is 0 Å². The molecule has 0 aliphatic carbocycles. The molecule has 8 nitrogen and oxygen atoms in total.